The zero-order valence-electron chi connectivity index (χ0n) is 9.77. The Labute approximate surface area is 117 Å². The van der Waals surface area contributed by atoms with Crippen LogP contribution in [0.2, 0.25) is 0 Å². The summed E-state index contributed by atoms with van der Waals surface area (Å²) in [5.41, 5.74) is 4.44. The van der Waals surface area contributed by atoms with E-state index in [0.29, 0.717) is 4.47 Å². The maximum atomic E-state index is 11.6. The molecule has 0 radical (unpaired) electrons. The molecule has 1 heterocycles. The molecule has 1 aromatic rings. The molecule has 8 heteroatoms. The van der Waals surface area contributed by atoms with Gasteiger partial charge in [-0.05, 0) is 34.8 Å². The number of hydrazine groups is 1. The molecular weight excluding hydrogens is 316 g/mol. The fraction of sp³-hybridized carbons (Fsp3) is 0.273. The number of hydrogen-bond acceptors (Lipinski definition) is 4. The van der Waals surface area contributed by atoms with Crippen LogP contribution in [0.5, 0.6) is 0 Å². The number of hydrogen-bond donors (Lipinski definition) is 3. The smallest absolute Gasteiger partial charge is 0.327 e. The molecule has 1 fully saturated rings. The van der Waals surface area contributed by atoms with Gasteiger partial charge in [0, 0.05) is 22.9 Å². The van der Waals surface area contributed by atoms with Crippen molar-refractivity contribution in [1.82, 2.24) is 21.2 Å². The predicted octanol–water partition coefficient (Wildman–Crippen LogP) is -0.116. The van der Waals surface area contributed by atoms with Crippen molar-refractivity contribution in [3.8, 4) is 0 Å². The summed E-state index contributed by atoms with van der Waals surface area (Å²) in [6.45, 7) is 0. The van der Waals surface area contributed by atoms with Crippen LogP contribution in [-0.2, 0) is 9.59 Å². The number of carbonyl (C=O) groups is 3. The van der Waals surface area contributed by atoms with Crippen molar-refractivity contribution < 1.29 is 14.4 Å². The minimum Gasteiger partial charge on any atom is -0.345 e. The zero-order chi connectivity index (χ0) is 13.8. The molecule has 1 aromatic heterocycles. The molecule has 0 bridgehead atoms. The molecule has 0 saturated heterocycles. The van der Waals surface area contributed by atoms with E-state index in [1.54, 1.807) is 6.07 Å². The topological polar surface area (TPSA) is 100 Å². The molecule has 3 amide bonds. The van der Waals surface area contributed by atoms with Crippen molar-refractivity contribution in [1.29, 1.82) is 0 Å². The Morgan fingerprint density at radius 1 is 1.16 bits per heavy atom. The van der Waals surface area contributed by atoms with E-state index in [1.165, 1.54) is 12.4 Å². The normalized spacial score (nSPS) is 13.5. The van der Waals surface area contributed by atoms with Crippen LogP contribution >= 0.6 is 15.9 Å². The first kappa shape index (κ1) is 13.5. The van der Waals surface area contributed by atoms with E-state index >= 15 is 0 Å². The number of nitrogens with zero attached hydrogens (tertiary/aromatic N) is 1. The van der Waals surface area contributed by atoms with Crippen LogP contribution in [-0.4, -0.2) is 28.7 Å². The lowest BCUT2D eigenvalue weighted by molar-refractivity contribution is -0.139. The standard InChI is InChI=1S/C11H11BrN4O3/c12-7-3-6(4-13-5-7)9(17)15-16-11(19)10(18)14-8-1-2-8/h3-5,8H,1-2H2,(H,14,18)(H,15,17)(H,16,19). The lowest BCUT2D eigenvalue weighted by Crippen LogP contribution is -2.49. The Kier molecular flexibility index (Phi) is 4.10. The van der Waals surface area contributed by atoms with E-state index in [1.807, 2.05) is 5.43 Å². The summed E-state index contributed by atoms with van der Waals surface area (Å²) in [5.74, 6) is -2.21. The predicted molar refractivity (Wildman–Crippen MR) is 68.7 cm³/mol. The van der Waals surface area contributed by atoms with E-state index in [2.05, 4.69) is 31.7 Å². The second-order valence-electron chi connectivity index (χ2n) is 4.05. The van der Waals surface area contributed by atoms with Gasteiger partial charge in [0.15, 0.2) is 0 Å². The highest BCUT2D eigenvalue weighted by molar-refractivity contribution is 9.10. The largest absolute Gasteiger partial charge is 0.345 e. The molecule has 0 atom stereocenters. The van der Waals surface area contributed by atoms with Gasteiger partial charge in [0.1, 0.15) is 0 Å². The van der Waals surface area contributed by atoms with Crippen LogP contribution in [0.25, 0.3) is 0 Å². The van der Waals surface area contributed by atoms with Crippen molar-refractivity contribution in [2.75, 3.05) is 0 Å². The summed E-state index contributed by atoms with van der Waals surface area (Å²) < 4.78 is 0.637. The lowest BCUT2D eigenvalue weighted by atomic mass is 10.3. The average molecular weight is 327 g/mol. The van der Waals surface area contributed by atoms with Crippen LogP contribution in [0.4, 0.5) is 0 Å². The third-order valence-corrected chi connectivity index (χ3v) is 2.81. The van der Waals surface area contributed by atoms with E-state index in [9.17, 15) is 14.4 Å². The summed E-state index contributed by atoms with van der Waals surface area (Å²) in [4.78, 5) is 38.1. The Bertz CT molecular complexity index is 530. The quantitative estimate of drug-likeness (QED) is 0.521. The van der Waals surface area contributed by atoms with Crippen LogP contribution in [0.1, 0.15) is 23.2 Å². The van der Waals surface area contributed by atoms with Crippen LogP contribution < -0.4 is 16.2 Å². The molecule has 0 aliphatic heterocycles. The first-order valence-electron chi connectivity index (χ1n) is 5.58. The second kappa shape index (κ2) is 5.79. The molecule has 1 aliphatic rings. The van der Waals surface area contributed by atoms with E-state index < -0.39 is 17.7 Å². The maximum Gasteiger partial charge on any atom is 0.327 e. The molecule has 1 aliphatic carbocycles. The molecule has 0 aromatic carbocycles. The first-order chi connectivity index (χ1) is 9.06. The van der Waals surface area contributed by atoms with Crippen LogP contribution in [0.3, 0.4) is 0 Å². The third kappa shape index (κ3) is 4.02. The number of aromatic nitrogens is 1. The molecule has 1 saturated carbocycles. The number of halogens is 1. The Morgan fingerprint density at radius 3 is 2.53 bits per heavy atom. The summed E-state index contributed by atoms with van der Waals surface area (Å²) in [6, 6.07) is 1.63. The van der Waals surface area contributed by atoms with Gasteiger partial charge in [0.2, 0.25) is 0 Å². The minimum atomic E-state index is -0.900. The van der Waals surface area contributed by atoms with Crippen molar-refractivity contribution in [2.24, 2.45) is 0 Å². The average Bonchev–Trinajstić information content (AvgIpc) is 3.19. The molecule has 0 unspecified atom stereocenters. The summed E-state index contributed by atoms with van der Waals surface area (Å²) in [6.07, 6.45) is 4.64. The number of nitrogens with one attached hydrogen (secondary N) is 3. The van der Waals surface area contributed by atoms with Gasteiger partial charge in [0.05, 0.1) is 5.56 Å². The van der Waals surface area contributed by atoms with Gasteiger partial charge in [-0.3, -0.25) is 30.2 Å². The highest BCUT2D eigenvalue weighted by Crippen LogP contribution is 2.18. The maximum absolute atomic E-state index is 11.6. The fourth-order valence-corrected chi connectivity index (χ4v) is 1.62. The summed E-state index contributed by atoms with van der Waals surface area (Å²) >= 11 is 3.17. The van der Waals surface area contributed by atoms with E-state index in [-0.39, 0.29) is 11.6 Å². The fourth-order valence-electron chi connectivity index (χ4n) is 1.26. The molecule has 0 spiro atoms. The van der Waals surface area contributed by atoms with Gasteiger partial charge in [-0.15, -0.1) is 0 Å². The highest BCUT2D eigenvalue weighted by Gasteiger charge is 2.26. The van der Waals surface area contributed by atoms with Gasteiger partial charge in [-0.2, -0.15) is 0 Å². The SMILES string of the molecule is O=C(NNC(=O)c1cncc(Br)c1)C(=O)NC1CC1. The number of carbonyl (C=O) groups excluding carboxylic acids is 3. The Morgan fingerprint density at radius 2 is 1.89 bits per heavy atom. The molecular formula is C11H11BrN4O3. The molecule has 2 rings (SSSR count). The molecule has 19 heavy (non-hydrogen) atoms. The van der Waals surface area contributed by atoms with Gasteiger partial charge >= 0.3 is 11.8 Å². The van der Waals surface area contributed by atoms with Crippen LogP contribution in [0, 0.1) is 0 Å². The summed E-state index contributed by atoms with van der Waals surface area (Å²) in [7, 11) is 0. The second-order valence-corrected chi connectivity index (χ2v) is 4.96. The van der Waals surface area contributed by atoms with E-state index in [4.69, 9.17) is 0 Å². The molecule has 7 nitrogen and oxygen atoms in total. The number of pyridine rings is 1. The van der Waals surface area contributed by atoms with Gasteiger partial charge in [-0.1, -0.05) is 0 Å². The van der Waals surface area contributed by atoms with E-state index in [0.717, 1.165) is 12.8 Å². The van der Waals surface area contributed by atoms with Crippen molar-refractivity contribution >= 4 is 33.7 Å². The molecule has 100 valence electrons. The Balaban J connectivity index is 1.82. The van der Waals surface area contributed by atoms with Crippen LogP contribution in [0.15, 0.2) is 22.9 Å². The number of amides is 3. The van der Waals surface area contributed by atoms with Crippen molar-refractivity contribution in [3.63, 3.8) is 0 Å². The van der Waals surface area contributed by atoms with Crippen molar-refractivity contribution in [3.05, 3.63) is 28.5 Å². The van der Waals surface area contributed by atoms with Gasteiger partial charge in [0.25, 0.3) is 5.91 Å². The minimum absolute atomic E-state index is 0.0863. The Hall–Kier alpha value is -1.96. The monoisotopic (exact) mass is 326 g/mol. The zero-order valence-corrected chi connectivity index (χ0v) is 11.4. The highest BCUT2D eigenvalue weighted by atomic mass is 79.9. The van der Waals surface area contributed by atoms with Gasteiger partial charge < -0.3 is 5.32 Å². The summed E-state index contributed by atoms with van der Waals surface area (Å²) in [5, 5.41) is 2.50. The lowest BCUT2D eigenvalue weighted by Gasteiger charge is -2.07. The van der Waals surface area contributed by atoms with Gasteiger partial charge in [-0.25, -0.2) is 0 Å². The number of rotatable bonds is 2. The first-order valence-corrected chi connectivity index (χ1v) is 6.37. The third-order valence-electron chi connectivity index (χ3n) is 2.38. The van der Waals surface area contributed by atoms with Crippen molar-refractivity contribution in [2.45, 2.75) is 18.9 Å². The molecule has 3 N–H and O–H groups in total.